The van der Waals surface area contributed by atoms with Gasteiger partial charge in [-0.05, 0) is 32.1 Å². The highest BCUT2D eigenvalue weighted by atomic mass is 35.5. The van der Waals surface area contributed by atoms with E-state index in [1.165, 1.54) is 34.9 Å². The molecule has 1 unspecified atom stereocenters. The summed E-state index contributed by atoms with van der Waals surface area (Å²) in [4.78, 5) is 35.9. The average Bonchev–Trinajstić information content (AvgIpc) is 3.06. The van der Waals surface area contributed by atoms with Crippen LogP contribution < -0.4 is 9.64 Å². The molecule has 0 spiro atoms. The van der Waals surface area contributed by atoms with E-state index in [2.05, 4.69) is 11.6 Å². The van der Waals surface area contributed by atoms with Crippen molar-refractivity contribution in [2.75, 3.05) is 44.2 Å². The number of aromatic nitrogens is 1. The Balaban J connectivity index is 1.66. The van der Waals surface area contributed by atoms with Gasteiger partial charge in [0.2, 0.25) is 5.91 Å². The van der Waals surface area contributed by atoms with Crippen LogP contribution in [0, 0.1) is 5.82 Å². The highest BCUT2D eigenvalue weighted by Crippen LogP contribution is 2.46. The summed E-state index contributed by atoms with van der Waals surface area (Å²) in [5, 5.41) is 10.3. The minimum absolute atomic E-state index is 0.0292. The zero-order valence-corrected chi connectivity index (χ0v) is 23.0. The van der Waals surface area contributed by atoms with E-state index in [9.17, 15) is 27.9 Å². The number of ether oxygens (including phenoxy) is 1. The molecule has 0 bridgehead atoms. The van der Waals surface area contributed by atoms with E-state index in [1.54, 1.807) is 11.8 Å². The number of phenols is 1. The second kappa shape index (κ2) is 10.7. The maximum atomic E-state index is 15.0. The van der Waals surface area contributed by atoms with Gasteiger partial charge in [0.25, 0.3) is 5.91 Å². The van der Waals surface area contributed by atoms with Crippen LogP contribution in [0.25, 0.3) is 11.3 Å². The molecule has 1 aromatic carbocycles. The molecule has 4 heterocycles. The molecule has 41 heavy (non-hydrogen) atoms. The SMILES string of the molecule is C=CC(=O)N1CCN2C(=O)c3c(N4C[C@H](C)N(C(F)(F)F)C[C@@H]4C)nc(-c4c(O)cccc4F)c(Cl)c3OCC2C1. The molecule has 5 rings (SSSR count). The van der Waals surface area contributed by atoms with Crippen LogP contribution in [0.3, 0.4) is 0 Å². The number of nitrogens with zero attached hydrogens (tertiary/aromatic N) is 5. The molecule has 3 aliphatic rings. The minimum atomic E-state index is -4.57. The first-order valence-electron chi connectivity index (χ1n) is 13.0. The Bertz CT molecular complexity index is 1390. The number of anilines is 1. The van der Waals surface area contributed by atoms with Crippen LogP contribution >= 0.6 is 11.6 Å². The maximum absolute atomic E-state index is 15.0. The zero-order valence-electron chi connectivity index (χ0n) is 22.3. The summed E-state index contributed by atoms with van der Waals surface area (Å²) in [6.45, 7) is 6.39. The Labute approximate surface area is 238 Å². The van der Waals surface area contributed by atoms with Gasteiger partial charge in [0, 0.05) is 44.8 Å². The van der Waals surface area contributed by atoms with Gasteiger partial charge in [0.05, 0.1) is 11.6 Å². The fraction of sp³-hybridized carbons (Fsp3) is 0.444. The summed E-state index contributed by atoms with van der Waals surface area (Å²) >= 11 is 6.71. The Morgan fingerprint density at radius 3 is 2.54 bits per heavy atom. The lowest BCUT2D eigenvalue weighted by atomic mass is 10.0. The number of alkyl halides is 3. The highest BCUT2D eigenvalue weighted by Gasteiger charge is 2.47. The van der Waals surface area contributed by atoms with Crippen molar-refractivity contribution in [3.63, 3.8) is 0 Å². The predicted octanol–water partition coefficient (Wildman–Crippen LogP) is 3.90. The third-order valence-electron chi connectivity index (χ3n) is 7.75. The van der Waals surface area contributed by atoms with Crippen LogP contribution in [0.2, 0.25) is 5.02 Å². The number of phenolic OH excluding ortho intramolecular Hbond substituents is 1. The normalized spacial score (nSPS) is 23.4. The molecule has 3 atom stereocenters. The molecule has 14 heteroatoms. The monoisotopic (exact) mass is 597 g/mol. The van der Waals surface area contributed by atoms with Crippen molar-refractivity contribution in [1.29, 1.82) is 0 Å². The fourth-order valence-electron chi connectivity index (χ4n) is 5.67. The van der Waals surface area contributed by atoms with Crippen LogP contribution in [0.5, 0.6) is 11.5 Å². The van der Waals surface area contributed by atoms with E-state index in [4.69, 9.17) is 16.3 Å². The number of hydrogen-bond acceptors (Lipinski definition) is 7. The number of amides is 2. The van der Waals surface area contributed by atoms with E-state index in [1.807, 2.05) is 0 Å². The average molecular weight is 598 g/mol. The van der Waals surface area contributed by atoms with Crippen LogP contribution in [-0.4, -0.2) is 100 Å². The number of piperazine rings is 2. The quantitative estimate of drug-likeness (QED) is 0.326. The lowest BCUT2D eigenvalue weighted by Crippen LogP contribution is -2.61. The zero-order chi connectivity index (χ0) is 29.8. The van der Waals surface area contributed by atoms with E-state index < -0.39 is 48.4 Å². The number of halogens is 5. The second-order valence-electron chi connectivity index (χ2n) is 10.4. The van der Waals surface area contributed by atoms with E-state index >= 15 is 4.39 Å². The summed E-state index contributed by atoms with van der Waals surface area (Å²) in [5.41, 5.74) is -0.623. The molecule has 2 saturated heterocycles. The van der Waals surface area contributed by atoms with Crippen molar-refractivity contribution in [2.24, 2.45) is 0 Å². The van der Waals surface area contributed by atoms with Crippen LogP contribution in [-0.2, 0) is 4.79 Å². The van der Waals surface area contributed by atoms with E-state index in [0.29, 0.717) is 4.90 Å². The van der Waals surface area contributed by atoms with Crippen molar-refractivity contribution >= 4 is 29.2 Å². The van der Waals surface area contributed by atoms with E-state index in [0.717, 1.165) is 6.07 Å². The molecule has 2 aromatic rings. The number of fused-ring (bicyclic) bond motifs is 2. The first-order chi connectivity index (χ1) is 19.3. The minimum Gasteiger partial charge on any atom is -0.507 e. The Kier molecular flexibility index (Phi) is 7.53. The van der Waals surface area contributed by atoms with Gasteiger partial charge in [-0.15, -0.1) is 0 Å². The first-order valence-corrected chi connectivity index (χ1v) is 13.4. The van der Waals surface area contributed by atoms with Crippen molar-refractivity contribution in [3.8, 4) is 22.8 Å². The summed E-state index contributed by atoms with van der Waals surface area (Å²) in [6, 6.07) is 1.28. The standard InChI is InChI=1S/C27H28ClF4N5O4/c1-4-19(39)34-8-9-35-16(12-34)13-41-24-21(26(35)40)25(36-10-15(3)37(11-14(36)2)27(30,31)32)33-23(22(24)28)20-17(29)6-5-7-18(20)38/h4-7,14-16,38H,1,8-13H2,2-3H3/t14-,15-,16?/m0/s1. The van der Waals surface area contributed by atoms with Crippen LogP contribution in [0.1, 0.15) is 24.2 Å². The van der Waals surface area contributed by atoms with Gasteiger partial charge in [-0.3, -0.25) is 9.59 Å². The number of rotatable bonds is 3. The van der Waals surface area contributed by atoms with Crippen LogP contribution in [0.4, 0.5) is 23.4 Å². The largest absolute Gasteiger partial charge is 0.507 e. The molecule has 220 valence electrons. The lowest BCUT2D eigenvalue weighted by molar-refractivity contribution is -0.260. The summed E-state index contributed by atoms with van der Waals surface area (Å²) in [6.07, 6.45) is -3.39. The number of carbonyl (C=O) groups excluding carboxylic acids is 2. The van der Waals surface area contributed by atoms with Gasteiger partial charge in [0.15, 0.2) is 5.75 Å². The topological polar surface area (TPSA) is 89.5 Å². The smallest absolute Gasteiger partial charge is 0.460 e. The third-order valence-corrected chi connectivity index (χ3v) is 8.10. The summed E-state index contributed by atoms with van der Waals surface area (Å²) in [7, 11) is 0. The van der Waals surface area contributed by atoms with Gasteiger partial charge in [0.1, 0.15) is 40.3 Å². The number of hydrogen-bond donors (Lipinski definition) is 1. The Morgan fingerprint density at radius 1 is 1.15 bits per heavy atom. The van der Waals surface area contributed by atoms with Gasteiger partial charge < -0.3 is 24.5 Å². The van der Waals surface area contributed by atoms with Gasteiger partial charge in [-0.2, -0.15) is 13.2 Å². The molecule has 2 fully saturated rings. The van der Waals surface area contributed by atoms with Crippen molar-refractivity contribution < 1.29 is 37.0 Å². The number of aromatic hydroxyl groups is 1. The Morgan fingerprint density at radius 2 is 1.88 bits per heavy atom. The molecular weight excluding hydrogens is 570 g/mol. The summed E-state index contributed by atoms with van der Waals surface area (Å²) < 4.78 is 62.2. The third kappa shape index (κ3) is 5.05. The molecule has 0 saturated carbocycles. The molecule has 1 aromatic heterocycles. The Hall–Kier alpha value is -3.58. The highest BCUT2D eigenvalue weighted by molar-refractivity contribution is 6.35. The lowest BCUT2D eigenvalue weighted by Gasteiger charge is -2.45. The predicted molar refractivity (Wildman–Crippen MR) is 142 cm³/mol. The van der Waals surface area contributed by atoms with Gasteiger partial charge in [-0.1, -0.05) is 24.2 Å². The molecule has 0 radical (unpaired) electrons. The van der Waals surface area contributed by atoms with Gasteiger partial charge in [-0.25, -0.2) is 14.3 Å². The first kappa shape index (κ1) is 28.9. The number of carbonyl (C=O) groups is 2. The van der Waals surface area contributed by atoms with Crippen molar-refractivity contribution in [3.05, 3.63) is 47.3 Å². The molecule has 3 aliphatic heterocycles. The van der Waals surface area contributed by atoms with Crippen molar-refractivity contribution in [1.82, 2.24) is 19.7 Å². The van der Waals surface area contributed by atoms with Gasteiger partial charge >= 0.3 is 6.30 Å². The fourth-order valence-corrected chi connectivity index (χ4v) is 5.96. The summed E-state index contributed by atoms with van der Waals surface area (Å²) in [5.74, 6) is -2.29. The molecule has 0 aliphatic carbocycles. The van der Waals surface area contributed by atoms with E-state index in [-0.39, 0.29) is 72.1 Å². The molecular formula is C27H28ClF4N5O4. The van der Waals surface area contributed by atoms with Crippen LogP contribution in [0.15, 0.2) is 30.9 Å². The molecule has 2 amide bonds. The van der Waals surface area contributed by atoms with Crippen molar-refractivity contribution in [2.45, 2.75) is 38.3 Å². The molecule has 1 N–H and O–H groups in total. The molecule has 9 nitrogen and oxygen atoms in total. The number of pyridine rings is 1. The number of benzene rings is 1. The second-order valence-corrected chi connectivity index (χ2v) is 10.7. The maximum Gasteiger partial charge on any atom is 0.460 e.